The number of nitrogens with one attached hydrogen (secondary N) is 1. The van der Waals surface area contributed by atoms with Gasteiger partial charge in [-0.15, -0.1) is 0 Å². The second-order valence-corrected chi connectivity index (χ2v) is 3.68. The lowest BCUT2D eigenvalue weighted by Crippen LogP contribution is -2.10. The van der Waals surface area contributed by atoms with E-state index in [-0.39, 0.29) is 0 Å². The third kappa shape index (κ3) is 1.67. The van der Waals surface area contributed by atoms with Crippen LogP contribution in [0.5, 0.6) is 0 Å². The van der Waals surface area contributed by atoms with Crippen molar-refractivity contribution >= 4 is 11.0 Å². The first-order chi connectivity index (χ1) is 7.92. The number of nitrogens with zero attached hydrogens (tertiary/aromatic N) is 1. The predicted octanol–water partition coefficient (Wildman–Crippen LogP) is 2.98. The molecule has 0 atom stereocenters. The Labute approximate surface area is 93.3 Å². The maximum absolute atomic E-state index is 5.69. The molecule has 1 N–H and O–H groups in total. The Morgan fingerprint density at radius 2 is 1.88 bits per heavy atom. The third-order valence-corrected chi connectivity index (χ3v) is 2.52. The highest BCUT2D eigenvalue weighted by atomic mass is 16.3. The molecule has 0 saturated carbocycles. The lowest BCUT2D eigenvalue weighted by atomic mass is 10.2. The lowest BCUT2D eigenvalue weighted by Gasteiger charge is -2.04. The van der Waals surface area contributed by atoms with Gasteiger partial charge in [0, 0.05) is 17.8 Å². The van der Waals surface area contributed by atoms with Gasteiger partial charge >= 0.3 is 0 Å². The van der Waals surface area contributed by atoms with E-state index in [0.717, 1.165) is 16.7 Å². The van der Waals surface area contributed by atoms with E-state index in [1.807, 2.05) is 47.4 Å². The number of furan rings is 1. The first-order valence-electron chi connectivity index (χ1n) is 5.26. The van der Waals surface area contributed by atoms with E-state index < -0.39 is 0 Å². The molecular weight excluding hydrogens is 200 g/mol. The zero-order valence-corrected chi connectivity index (χ0v) is 8.76. The van der Waals surface area contributed by atoms with Gasteiger partial charge in [-0.05, 0) is 24.3 Å². The average molecular weight is 212 g/mol. The Hall–Kier alpha value is -2.16. The number of rotatable bonds is 3. The Morgan fingerprint density at radius 3 is 2.69 bits per heavy atom. The minimum atomic E-state index is 0.684. The van der Waals surface area contributed by atoms with Crippen molar-refractivity contribution in [2.75, 3.05) is 5.43 Å². The molecule has 3 aromatic rings. The molecule has 0 amide bonds. The summed E-state index contributed by atoms with van der Waals surface area (Å²) in [5.74, 6) is 0.940. The fourth-order valence-electron chi connectivity index (χ4n) is 1.73. The highest BCUT2D eigenvalue weighted by Crippen LogP contribution is 2.18. The predicted molar refractivity (Wildman–Crippen MR) is 63.7 cm³/mol. The standard InChI is InChI=1S/C13H12N2O/c1-2-6-13-11(5-1)9-12(16-13)10-14-15-7-3-4-8-15/h1-9,14H,10H2. The van der Waals surface area contributed by atoms with E-state index in [1.54, 1.807) is 0 Å². The lowest BCUT2D eigenvalue weighted by molar-refractivity contribution is 0.549. The molecule has 0 unspecified atom stereocenters. The van der Waals surface area contributed by atoms with Gasteiger partial charge in [-0.1, -0.05) is 18.2 Å². The van der Waals surface area contributed by atoms with Crippen LogP contribution in [0.1, 0.15) is 5.76 Å². The molecule has 2 aromatic heterocycles. The van der Waals surface area contributed by atoms with Gasteiger partial charge in [-0.3, -0.25) is 4.68 Å². The first-order valence-corrected chi connectivity index (χ1v) is 5.26. The van der Waals surface area contributed by atoms with Crippen molar-refractivity contribution in [2.45, 2.75) is 6.54 Å². The zero-order chi connectivity index (χ0) is 10.8. The molecule has 0 radical (unpaired) electrons. The van der Waals surface area contributed by atoms with Gasteiger partial charge in [0.25, 0.3) is 0 Å². The summed E-state index contributed by atoms with van der Waals surface area (Å²) in [6.07, 6.45) is 3.92. The van der Waals surface area contributed by atoms with Gasteiger partial charge in [0.2, 0.25) is 0 Å². The molecule has 3 rings (SSSR count). The molecule has 0 saturated heterocycles. The van der Waals surface area contributed by atoms with Gasteiger partial charge in [0.1, 0.15) is 11.3 Å². The SMILES string of the molecule is c1ccc2oc(CNn3cccc3)cc2c1. The molecule has 0 aliphatic carbocycles. The zero-order valence-electron chi connectivity index (χ0n) is 8.76. The number of aromatic nitrogens is 1. The van der Waals surface area contributed by atoms with E-state index >= 15 is 0 Å². The van der Waals surface area contributed by atoms with Crippen LogP contribution < -0.4 is 5.43 Å². The molecule has 0 spiro atoms. The normalized spacial score (nSPS) is 10.8. The average Bonchev–Trinajstić information content (AvgIpc) is 2.95. The quantitative estimate of drug-likeness (QED) is 0.723. The van der Waals surface area contributed by atoms with Crippen molar-refractivity contribution in [3.8, 4) is 0 Å². The van der Waals surface area contributed by atoms with Crippen LogP contribution in [-0.4, -0.2) is 4.68 Å². The van der Waals surface area contributed by atoms with Crippen LogP contribution in [0, 0.1) is 0 Å². The summed E-state index contributed by atoms with van der Waals surface area (Å²) in [4.78, 5) is 0. The molecule has 0 fully saturated rings. The van der Waals surface area contributed by atoms with Crippen LogP contribution in [0.2, 0.25) is 0 Å². The highest BCUT2D eigenvalue weighted by molar-refractivity contribution is 5.77. The van der Waals surface area contributed by atoms with E-state index in [1.165, 1.54) is 0 Å². The van der Waals surface area contributed by atoms with Crippen LogP contribution >= 0.6 is 0 Å². The van der Waals surface area contributed by atoms with E-state index in [4.69, 9.17) is 4.42 Å². The highest BCUT2D eigenvalue weighted by Gasteiger charge is 2.01. The second kappa shape index (κ2) is 3.77. The fourth-order valence-corrected chi connectivity index (χ4v) is 1.73. The van der Waals surface area contributed by atoms with Crippen molar-refractivity contribution < 1.29 is 4.42 Å². The summed E-state index contributed by atoms with van der Waals surface area (Å²) in [6.45, 7) is 0.684. The van der Waals surface area contributed by atoms with Gasteiger partial charge in [0.15, 0.2) is 0 Å². The summed E-state index contributed by atoms with van der Waals surface area (Å²) in [6, 6.07) is 14.0. The van der Waals surface area contributed by atoms with Crippen molar-refractivity contribution in [3.63, 3.8) is 0 Å². The first kappa shape index (κ1) is 9.09. The number of para-hydroxylation sites is 1. The fraction of sp³-hybridized carbons (Fsp3) is 0.0769. The van der Waals surface area contributed by atoms with Gasteiger partial charge in [-0.2, -0.15) is 0 Å². The van der Waals surface area contributed by atoms with Crippen molar-refractivity contribution in [1.29, 1.82) is 0 Å². The maximum atomic E-state index is 5.69. The van der Waals surface area contributed by atoms with Gasteiger partial charge in [0.05, 0.1) is 6.54 Å². The molecule has 0 aliphatic heterocycles. The monoisotopic (exact) mass is 212 g/mol. The van der Waals surface area contributed by atoms with Crippen molar-refractivity contribution in [3.05, 3.63) is 60.6 Å². The van der Waals surface area contributed by atoms with E-state index in [0.29, 0.717) is 6.54 Å². The van der Waals surface area contributed by atoms with Crippen LogP contribution in [-0.2, 0) is 6.54 Å². The summed E-state index contributed by atoms with van der Waals surface area (Å²) in [7, 11) is 0. The summed E-state index contributed by atoms with van der Waals surface area (Å²) in [5.41, 5.74) is 4.16. The maximum Gasteiger partial charge on any atom is 0.134 e. The van der Waals surface area contributed by atoms with E-state index in [2.05, 4.69) is 17.6 Å². The Kier molecular flexibility index (Phi) is 2.14. The topological polar surface area (TPSA) is 30.1 Å². The summed E-state index contributed by atoms with van der Waals surface area (Å²) >= 11 is 0. The number of hydrogen-bond acceptors (Lipinski definition) is 2. The largest absolute Gasteiger partial charge is 0.459 e. The Morgan fingerprint density at radius 1 is 1.06 bits per heavy atom. The molecule has 3 nitrogen and oxygen atoms in total. The van der Waals surface area contributed by atoms with Crippen LogP contribution in [0.4, 0.5) is 0 Å². The molecule has 0 bridgehead atoms. The summed E-state index contributed by atoms with van der Waals surface area (Å²) < 4.78 is 7.60. The molecule has 80 valence electrons. The molecule has 1 aromatic carbocycles. The van der Waals surface area contributed by atoms with Gasteiger partial charge < -0.3 is 9.84 Å². The Balaban J connectivity index is 1.79. The van der Waals surface area contributed by atoms with Crippen LogP contribution in [0.3, 0.4) is 0 Å². The molecule has 3 heteroatoms. The van der Waals surface area contributed by atoms with Crippen molar-refractivity contribution in [2.24, 2.45) is 0 Å². The molecule has 16 heavy (non-hydrogen) atoms. The summed E-state index contributed by atoms with van der Waals surface area (Å²) in [5, 5.41) is 1.15. The number of benzene rings is 1. The number of hydrogen-bond donors (Lipinski definition) is 1. The van der Waals surface area contributed by atoms with E-state index in [9.17, 15) is 0 Å². The molecular formula is C13H12N2O. The minimum absolute atomic E-state index is 0.684. The van der Waals surface area contributed by atoms with Crippen LogP contribution in [0.15, 0.2) is 59.3 Å². The molecule has 2 heterocycles. The smallest absolute Gasteiger partial charge is 0.134 e. The second-order valence-electron chi connectivity index (χ2n) is 3.68. The molecule has 0 aliphatic rings. The number of fused-ring (bicyclic) bond motifs is 1. The third-order valence-electron chi connectivity index (χ3n) is 2.52. The van der Waals surface area contributed by atoms with Gasteiger partial charge in [-0.25, -0.2) is 0 Å². The Bertz CT molecular complexity index is 548. The van der Waals surface area contributed by atoms with Crippen molar-refractivity contribution in [1.82, 2.24) is 4.68 Å². The van der Waals surface area contributed by atoms with Crippen LogP contribution in [0.25, 0.3) is 11.0 Å². The minimum Gasteiger partial charge on any atom is -0.459 e.